The van der Waals surface area contributed by atoms with Crippen LogP contribution in [0.1, 0.15) is 16.2 Å². The van der Waals surface area contributed by atoms with Crippen molar-refractivity contribution in [2.45, 2.75) is 6.42 Å². The minimum absolute atomic E-state index is 0.0116. The van der Waals surface area contributed by atoms with Crippen LogP contribution in [0.3, 0.4) is 0 Å². The van der Waals surface area contributed by atoms with Crippen molar-refractivity contribution in [3.8, 4) is 11.6 Å². The van der Waals surface area contributed by atoms with E-state index in [9.17, 15) is 4.79 Å². The highest BCUT2D eigenvalue weighted by molar-refractivity contribution is 7.08. The molecule has 0 radical (unpaired) electrons. The first-order chi connectivity index (χ1) is 12.6. The number of likely N-dealkylation sites (N-methyl/N-ethyl adjacent to an activating group) is 1. The lowest BCUT2D eigenvalue weighted by Gasteiger charge is -2.14. The van der Waals surface area contributed by atoms with E-state index in [1.807, 2.05) is 41.1 Å². The van der Waals surface area contributed by atoms with Gasteiger partial charge in [0.05, 0.1) is 5.56 Å². The van der Waals surface area contributed by atoms with Gasteiger partial charge in [0.15, 0.2) is 5.82 Å². The third-order valence-electron chi connectivity index (χ3n) is 4.07. The maximum absolute atomic E-state index is 12.2. The molecule has 26 heavy (non-hydrogen) atoms. The molecule has 8 heteroatoms. The lowest BCUT2D eigenvalue weighted by molar-refractivity contribution is 0.0796. The molecule has 3 heterocycles. The molecule has 4 aromatic rings. The molecule has 0 unspecified atom stereocenters. The maximum Gasteiger partial charge on any atom is 0.274 e. The molecule has 4 rings (SSSR count). The normalized spacial score (nSPS) is 11.2. The summed E-state index contributed by atoms with van der Waals surface area (Å²) in [5.41, 5.74) is 2.39. The Kier molecular flexibility index (Phi) is 4.48. The Balaban J connectivity index is 1.45. The molecule has 1 amide bonds. The number of hydrogen-bond acceptors (Lipinski definition) is 5. The van der Waals surface area contributed by atoms with Gasteiger partial charge in [-0.05, 0) is 35.7 Å². The third kappa shape index (κ3) is 3.36. The molecule has 132 valence electrons. The second kappa shape index (κ2) is 6.93. The number of aromatic nitrogens is 3. The fourth-order valence-electron chi connectivity index (χ4n) is 2.66. The average Bonchev–Trinajstić information content (AvgIpc) is 3.37. The Morgan fingerprint density at radius 1 is 1.35 bits per heavy atom. The fraction of sp³-hybridized carbons (Fsp3) is 0.167. The van der Waals surface area contributed by atoms with Gasteiger partial charge in [-0.15, -0.1) is 0 Å². The summed E-state index contributed by atoms with van der Waals surface area (Å²) in [5.74, 6) is 0.961. The number of nitrogens with zero attached hydrogens (tertiary/aromatic N) is 3. The highest BCUT2D eigenvalue weighted by Crippen LogP contribution is 2.25. The van der Waals surface area contributed by atoms with Crippen LogP contribution >= 0.6 is 22.9 Å². The van der Waals surface area contributed by atoms with Crippen molar-refractivity contribution in [2.75, 3.05) is 13.6 Å². The molecule has 0 bridgehead atoms. The Hall–Kier alpha value is -2.64. The minimum Gasteiger partial charge on any atom is -0.351 e. The molecule has 1 N–H and O–H groups in total. The maximum atomic E-state index is 12.2. The molecule has 0 saturated heterocycles. The van der Waals surface area contributed by atoms with Gasteiger partial charge in [-0.25, -0.2) is 0 Å². The molecule has 0 aliphatic carbocycles. The summed E-state index contributed by atoms with van der Waals surface area (Å²) in [5, 5.41) is 9.39. The smallest absolute Gasteiger partial charge is 0.274 e. The number of fused-ring (bicyclic) bond motifs is 1. The summed E-state index contributed by atoms with van der Waals surface area (Å²) in [4.78, 5) is 21.5. The lowest BCUT2D eigenvalue weighted by atomic mass is 10.2. The number of amides is 1. The zero-order valence-electron chi connectivity index (χ0n) is 13.9. The second-order valence-corrected chi connectivity index (χ2v) is 7.14. The topological polar surface area (TPSA) is 75.0 Å². The Morgan fingerprint density at radius 3 is 3.04 bits per heavy atom. The lowest BCUT2D eigenvalue weighted by Crippen LogP contribution is -2.28. The number of aromatic amines is 1. The van der Waals surface area contributed by atoms with E-state index in [0.29, 0.717) is 35.3 Å². The van der Waals surface area contributed by atoms with Gasteiger partial charge >= 0.3 is 0 Å². The van der Waals surface area contributed by atoms with E-state index in [0.717, 1.165) is 16.6 Å². The molecular weight excluding hydrogens is 372 g/mol. The Morgan fingerprint density at radius 2 is 2.23 bits per heavy atom. The van der Waals surface area contributed by atoms with Crippen molar-refractivity contribution in [1.29, 1.82) is 0 Å². The zero-order valence-corrected chi connectivity index (χ0v) is 15.5. The summed E-state index contributed by atoms with van der Waals surface area (Å²) < 4.78 is 5.35. The van der Waals surface area contributed by atoms with E-state index < -0.39 is 0 Å². The highest BCUT2D eigenvalue weighted by Gasteiger charge is 2.15. The number of halogens is 1. The van der Waals surface area contributed by atoms with Crippen LogP contribution in [-0.4, -0.2) is 39.5 Å². The van der Waals surface area contributed by atoms with Crippen molar-refractivity contribution in [1.82, 2.24) is 20.0 Å². The summed E-state index contributed by atoms with van der Waals surface area (Å²) in [7, 11) is 1.77. The molecule has 0 saturated carbocycles. The second-order valence-electron chi connectivity index (χ2n) is 5.92. The monoisotopic (exact) mass is 386 g/mol. The van der Waals surface area contributed by atoms with Gasteiger partial charge in [0, 0.05) is 41.3 Å². The van der Waals surface area contributed by atoms with Crippen molar-refractivity contribution in [3.63, 3.8) is 0 Å². The third-order valence-corrected chi connectivity index (χ3v) is 4.99. The largest absolute Gasteiger partial charge is 0.351 e. The first kappa shape index (κ1) is 16.8. The predicted molar refractivity (Wildman–Crippen MR) is 102 cm³/mol. The van der Waals surface area contributed by atoms with Crippen LogP contribution in [0.15, 0.2) is 45.6 Å². The van der Waals surface area contributed by atoms with Gasteiger partial charge in [-0.2, -0.15) is 16.3 Å². The molecule has 0 fully saturated rings. The van der Waals surface area contributed by atoms with Crippen LogP contribution in [0, 0.1) is 0 Å². The van der Waals surface area contributed by atoms with Crippen molar-refractivity contribution in [2.24, 2.45) is 0 Å². The van der Waals surface area contributed by atoms with Crippen LogP contribution in [0.2, 0.25) is 5.02 Å². The van der Waals surface area contributed by atoms with Crippen LogP contribution in [0.25, 0.3) is 22.5 Å². The number of H-pyrrole nitrogens is 1. The summed E-state index contributed by atoms with van der Waals surface area (Å²) >= 11 is 7.52. The van der Waals surface area contributed by atoms with Crippen molar-refractivity contribution < 1.29 is 9.32 Å². The van der Waals surface area contributed by atoms with E-state index in [1.165, 1.54) is 11.3 Å². The number of thiophene rings is 1. The Bertz CT molecular complexity index is 1050. The predicted octanol–water partition coefficient (Wildman–Crippen LogP) is 4.25. The number of carbonyl (C=O) groups excluding carboxylic acids is 1. The summed E-state index contributed by atoms with van der Waals surface area (Å²) in [6.45, 7) is 0.510. The molecular formula is C18H15ClN4O2S. The van der Waals surface area contributed by atoms with Crippen molar-refractivity contribution >= 4 is 39.7 Å². The van der Waals surface area contributed by atoms with E-state index in [4.69, 9.17) is 16.1 Å². The number of rotatable bonds is 5. The van der Waals surface area contributed by atoms with E-state index in [1.54, 1.807) is 11.9 Å². The summed E-state index contributed by atoms with van der Waals surface area (Å²) in [6, 6.07) is 9.34. The first-order valence-corrected chi connectivity index (χ1v) is 9.31. The molecule has 0 spiro atoms. The molecule has 3 aromatic heterocycles. The number of nitrogens with one attached hydrogen (secondary N) is 1. The molecule has 1 aromatic carbocycles. The Labute approximate surface area is 158 Å². The molecule has 0 aliphatic rings. The van der Waals surface area contributed by atoms with Gasteiger partial charge in [-0.1, -0.05) is 16.8 Å². The van der Waals surface area contributed by atoms with Crippen molar-refractivity contribution in [3.05, 3.63) is 57.5 Å². The van der Waals surface area contributed by atoms with E-state index in [-0.39, 0.29) is 5.91 Å². The molecule has 6 nitrogen and oxygen atoms in total. The van der Waals surface area contributed by atoms with Gasteiger partial charge in [0.1, 0.15) is 5.69 Å². The van der Waals surface area contributed by atoms with Crippen LogP contribution in [0.4, 0.5) is 0 Å². The van der Waals surface area contributed by atoms with Gasteiger partial charge in [0.25, 0.3) is 11.8 Å². The van der Waals surface area contributed by atoms with Crippen LogP contribution < -0.4 is 0 Å². The van der Waals surface area contributed by atoms with Crippen LogP contribution in [0.5, 0.6) is 0 Å². The zero-order chi connectivity index (χ0) is 18.1. The van der Waals surface area contributed by atoms with Crippen LogP contribution in [-0.2, 0) is 6.42 Å². The quantitative estimate of drug-likeness (QED) is 0.556. The molecule has 0 atom stereocenters. The van der Waals surface area contributed by atoms with Gasteiger partial charge in [-0.3, -0.25) is 4.79 Å². The van der Waals surface area contributed by atoms with E-state index in [2.05, 4.69) is 15.1 Å². The summed E-state index contributed by atoms with van der Waals surface area (Å²) in [6.07, 6.45) is 0.516. The standard InChI is InChI=1S/C18H15ClN4O2S/c1-23(18(24)11-5-7-26-10-11)6-4-16-21-17(25-22-16)15-9-12-8-13(19)2-3-14(12)20-15/h2-3,5,7-10,20H,4,6H2,1H3. The minimum atomic E-state index is -0.0116. The first-order valence-electron chi connectivity index (χ1n) is 7.99. The fourth-order valence-corrected chi connectivity index (χ4v) is 3.47. The number of hydrogen-bond donors (Lipinski definition) is 1. The number of carbonyl (C=O) groups is 1. The average molecular weight is 387 g/mol. The SMILES string of the molecule is CN(CCc1noc(-c2cc3cc(Cl)ccc3[nH]2)n1)C(=O)c1ccsc1. The molecule has 0 aliphatic heterocycles. The van der Waals surface area contributed by atoms with Gasteiger partial charge in [0.2, 0.25) is 0 Å². The number of benzene rings is 1. The highest BCUT2D eigenvalue weighted by atomic mass is 35.5. The van der Waals surface area contributed by atoms with Gasteiger partial charge < -0.3 is 14.4 Å². The van der Waals surface area contributed by atoms with E-state index >= 15 is 0 Å².